The van der Waals surface area contributed by atoms with Crippen LogP contribution in [0.4, 0.5) is 0 Å². The maximum Gasteiger partial charge on any atom is 0.306 e. The quantitative estimate of drug-likeness (QED) is 0.0264. The summed E-state index contributed by atoms with van der Waals surface area (Å²) in [5, 5.41) is 0. The highest BCUT2D eigenvalue weighted by Gasteiger charge is 2.21. The van der Waals surface area contributed by atoms with E-state index in [0.717, 1.165) is 32.1 Å². The number of likely N-dealkylation sites (N-methyl/N-ethyl adjacent to an activating group) is 1. The van der Waals surface area contributed by atoms with Crippen LogP contribution in [0.1, 0.15) is 200 Å². The number of quaternary nitrogens is 1. The first kappa shape index (κ1) is 50.0. The van der Waals surface area contributed by atoms with Crippen molar-refractivity contribution in [2.45, 2.75) is 206 Å². The Morgan fingerprint density at radius 1 is 0.529 bits per heavy atom. The second kappa shape index (κ2) is 34.8. The van der Waals surface area contributed by atoms with Gasteiger partial charge in [-0.25, -0.2) is 0 Å². The third-order valence-electron chi connectivity index (χ3n) is 9.38. The summed E-state index contributed by atoms with van der Waals surface area (Å²) in [6.07, 6.45) is 32.6. The molecule has 10 heteroatoms. The maximum atomic E-state index is 12.6. The molecule has 0 aromatic rings. The van der Waals surface area contributed by atoms with Crippen molar-refractivity contribution in [3.8, 4) is 0 Å². The average molecular weight is 748 g/mol. The molecule has 0 rings (SSSR count). The monoisotopic (exact) mass is 748 g/mol. The van der Waals surface area contributed by atoms with Crippen LogP contribution in [0.15, 0.2) is 0 Å². The first-order valence-corrected chi connectivity index (χ1v) is 22.7. The summed E-state index contributed by atoms with van der Waals surface area (Å²) < 4.78 is 33.8. The van der Waals surface area contributed by atoms with E-state index in [2.05, 4.69) is 13.8 Å². The van der Waals surface area contributed by atoms with Crippen LogP contribution in [0, 0.1) is 0 Å². The van der Waals surface area contributed by atoms with Gasteiger partial charge in [0.25, 0.3) is 7.82 Å². The minimum absolute atomic E-state index is 0.0258. The summed E-state index contributed by atoms with van der Waals surface area (Å²) in [6, 6.07) is 0. The van der Waals surface area contributed by atoms with Crippen molar-refractivity contribution >= 4 is 19.8 Å². The van der Waals surface area contributed by atoms with Crippen LogP contribution in [0.3, 0.4) is 0 Å². The number of carbonyl (C=O) groups is 2. The molecule has 0 bridgehead atoms. The predicted octanol–water partition coefficient (Wildman–Crippen LogP) is 11.0. The molecule has 304 valence electrons. The minimum Gasteiger partial charge on any atom is -0.756 e. The van der Waals surface area contributed by atoms with Crippen LogP contribution >= 0.6 is 7.82 Å². The van der Waals surface area contributed by atoms with Crippen molar-refractivity contribution in [3.05, 3.63) is 0 Å². The number of phosphoric acid groups is 1. The largest absolute Gasteiger partial charge is 0.756 e. The number of unbranched alkanes of at least 4 members (excludes halogenated alkanes) is 25. The van der Waals surface area contributed by atoms with E-state index in [1.165, 1.54) is 135 Å². The highest BCUT2D eigenvalue weighted by Crippen LogP contribution is 2.38. The lowest BCUT2D eigenvalue weighted by molar-refractivity contribution is -0.870. The van der Waals surface area contributed by atoms with Crippen LogP contribution < -0.4 is 4.89 Å². The molecule has 0 spiro atoms. The summed E-state index contributed by atoms with van der Waals surface area (Å²) in [4.78, 5) is 37.4. The van der Waals surface area contributed by atoms with Crippen LogP contribution in [0.25, 0.3) is 0 Å². The van der Waals surface area contributed by atoms with Crippen molar-refractivity contribution in [1.82, 2.24) is 0 Å². The molecular weight excluding hydrogens is 665 g/mol. The lowest BCUT2D eigenvalue weighted by Gasteiger charge is -2.28. The normalized spacial score (nSPS) is 13.6. The maximum absolute atomic E-state index is 12.6. The van der Waals surface area contributed by atoms with Crippen molar-refractivity contribution < 1.29 is 42.1 Å². The van der Waals surface area contributed by atoms with Crippen LogP contribution in [-0.4, -0.2) is 70.0 Å². The molecule has 0 saturated carbocycles. The van der Waals surface area contributed by atoms with Gasteiger partial charge in [0.05, 0.1) is 27.7 Å². The Labute approximate surface area is 314 Å². The molecular formula is C41H82NO8P. The minimum atomic E-state index is -4.61. The lowest BCUT2D eigenvalue weighted by atomic mass is 10.0. The Hall–Kier alpha value is -0.990. The van der Waals surface area contributed by atoms with E-state index in [9.17, 15) is 19.0 Å². The molecule has 0 aromatic carbocycles. The van der Waals surface area contributed by atoms with Crippen molar-refractivity contribution in [2.24, 2.45) is 0 Å². The van der Waals surface area contributed by atoms with E-state index in [-0.39, 0.29) is 32.0 Å². The number of rotatable bonds is 39. The molecule has 0 saturated heterocycles. The number of hydrogen-bond donors (Lipinski definition) is 0. The van der Waals surface area contributed by atoms with Gasteiger partial charge in [0.2, 0.25) is 0 Å². The van der Waals surface area contributed by atoms with E-state index in [1.807, 2.05) is 21.1 Å². The number of esters is 2. The Kier molecular flexibility index (Phi) is 34.1. The Morgan fingerprint density at radius 2 is 0.882 bits per heavy atom. The van der Waals surface area contributed by atoms with Gasteiger partial charge < -0.3 is 27.9 Å². The molecule has 2 atom stereocenters. The van der Waals surface area contributed by atoms with Gasteiger partial charge in [-0.1, -0.05) is 174 Å². The lowest BCUT2D eigenvalue weighted by Crippen LogP contribution is -2.37. The van der Waals surface area contributed by atoms with E-state index in [1.54, 1.807) is 0 Å². The van der Waals surface area contributed by atoms with Crippen molar-refractivity contribution in [1.29, 1.82) is 0 Å². The summed E-state index contributed by atoms with van der Waals surface area (Å²) in [5.41, 5.74) is 0. The first-order valence-electron chi connectivity index (χ1n) is 21.2. The zero-order valence-electron chi connectivity index (χ0n) is 34.1. The van der Waals surface area contributed by atoms with Gasteiger partial charge in [-0.2, -0.15) is 0 Å². The zero-order chi connectivity index (χ0) is 37.9. The molecule has 0 fully saturated rings. The van der Waals surface area contributed by atoms with Crippen molar-refractivity contribution in [2.75, 3.05) is 47.5 Å². The zero-order valence-corrected chi connectivity index (χ0v) is 35.0. The van der Waals surface area contributed by atoms with Crippen LogP contribution in [-0.2, 0) is 32.7 Å². The molecule has 9 nitrogen and oxygen atoms in total. The summed E-state index contributed by atoms with van der Waals surface area (Å²) >= 11 is 0. The first-order chi connectivity index (χ1) is 24.5. The summed E-state index contributed by atoms with van der Waals surface area (Å²) in [6.45, 7) is 4.25. The van der Waals surface area contributed by atoms with Gasteiger partial charge in [0.15, 0.2) is 6.10 Å². The topological polar surface area (TPSA) is 111 Å². The van der Waals surface area contributed by atoms with Gasteiger partial charge >= 0.3 is 11.9 Å². The van der Waals surface area contributed by atoms with Crippen LogP contribution in [0.5, 0.6) is 0 Å². The smallest absolute Gasteiger partial charge is 0.306 e. The van der Waals surface area contributed by atoms with Crippen molar-refractivity contribution in [3.63, 3.8) is 0 Å². The fraction of sp³-hybridized carbons (Fsp3) is 0.951. The van der Waals surface area contributed by atoms with E-state index in [4.69, 9.17) is 18.5 Å². The molecule has 0 aromatic heterocycles. The number of ether oxygens (including phenoxy) is 2. The van der Waals surface area contributed by atoms with Gasteiger partial charge in [0, 0.05) is 12.8 Å². The molecule has 2 unspecified atom stereocenters. The summed E-state index contributed by atoms with van der Waals surface area (Å²) in [5.74, 6) is -0.822. The summed E-state index contributed by atoms with van der Waals surface area (Å²) in [7, 11) is 1.18. The van der Waals surface area contributed by atoms with E-state index < -0.39 is 26.5 Å². The third kappa shape index (κ3) is 38.5. The van der Waals surface area contributed by atoms with E-state index in [0.29, 0.717) is 17.4 Å². The Morgan fingerprint density at radius 3 is 1.25 bits per heavy atom. The van der Waals surface area contributed by atoms with Crippen LogP contribution in [0.2, 0.25) is 0 Å². The number of phosphoric ester groups is 1. The van der Waals surface area contributed by atoms with Gasteiger partial charge in [0.1, 0.15) is 19.8 Å². The Balaban J connectivity index is 4.34. The third-order valence-corrected chi connectivity index (χ3v) is 10.3. The Bertz CT molecular complexity index is 850. The highest BCUT2D eigenvalue weighted by molar-refractivity contribution is 7.45. The molecule has 0 aliphatic heterocycles. The van der Waals surface area contributed by atoms with Gasteiger partial charge in [-0.05, 0) is 12.8 Å². The second-order valence-corrected chi connectivity index (χ2v) is 17.1. The highest BCUT2D eigenvalue weighted by atomic mass is 31.2. The molecule has 0 N–H and O–H groups in total. The SMILES string of the molecule is CCCCCCCCCCCCCCCCCC(=O)OC(COC(=O)CCCCCCCCCCCCCC)COP(=O)([O-])OCC[N+](C)(C)C. The number of nitrogens with zero attached hydrogens (tertiary/aromatic N) is 1. The molecule has 0 aliphatic rings. The molecule has 0 radical (unpaired) electrons. The van der Waals surface area contributed by atoms with Gasteiger partial charge in [-0.3, -0.25) is 14.2 Å². The molecule has 0 aliphatic carbocycles. The molecule has 0 heterocycles. The predicted molar refractivity (Wildman–Crippen MR) is 208 cm³/mol. The average Bonchev–Trinajstić information content (AvgIpc) is 3.07. The molecule has 0 amide bonds. The fourth-order valence-corrected chi connectivity index (χ4v) is 6.74. The number of hydrogen-bond acceptors (Lipinski definition) is 8. The second-order valence-electron chi connectivity index (χ2n) is 15.7. The van der Waals surface area contributed by atoms with Gasteiger partial charge in [-0.15, -0.1) is 0 Å². The van der Waals surface area contributed by atoms with E-state index >= 15 is 0 Å². The number of carbonyl (C=O) groups excluding carboxylic acids is 2. The standard InChI is InChI=1S/C41H82NO8P/c1-6-8-10-12-14-16-18-20-21-22-24-26-28-30-32-34-41(44)50-39(38-49-51(45,46)48-36-35-42(3,4)5)37-47-40(43)33-31-29-27-25-23-19-17-15-13-11-9-7-2/h39H,6-38H2,1-5H3. The fourth-order valence-electron chi connectivity index (χ4n) is 6.01. The molecule has 51 heavy (non-hydrogen) atoms.